The Morgan fingerprint density at radius 3 is 2.85 bits per heavy atom. The third kappa shape index (κ3) is 1.30. The van der Waals surface area contributed by atoms with E-state index in [-0.39, 0.29) is 0 Å². The molecule has 3 nitrogen and oxygen atoms in total. The molecule has 3 heteroatoms. The average Bonchev–Trinajstić information content (AvgIpc) is 2.47. The van der Waals surface area contributed by atoms with Crippen LogP contribution in [0.3, 0.4) is 0 Å². The monoisotopic (exact) mass is 176 g/mol. The van der Waals surface area contributed by atoms with E-state index in [1.165, 1.54) is 5.56 Å². The van der Waals surface area contributed by atoms with E-state index in [9.17, 15) is 0 Å². The van der Waals surface area contributed by atoms with E-state index in [1.807, 2.05) is 13.1 Å². The molecule has 0 bridgehead atoms. The zero-order valence-corrected chi connectivity index (χ0v) is 8.03. The van der Waals surface area contributed by atoms with Crippen molar-refractivity contribution in [3.8, 4) is 0 Å². The van der Waals surface area contributed by atoms with Gasteiger partial charge in [-0.1, -0.05) is 19.0 Å². The normalized spacial score (nSPS) is 11.4. The Labute approximate surface area is 76.8 Å². The van der Waals surface area contributed by atoms with Crippen molar-refractivity contribution in [1.29, 1.82) is 0 Å². The van der Waals surface area contributed by atoms with E-state index in [4.69, 9.17) is 4.52 Å². The van der Waals surface area contributed by atoms with Gasteiger partial charge >= 0.3 is 0 Å². The summed E-state index contributed by atoms with van der Waals surface area (Å²) in [6.45, 7) is 6.22. The third-order valence-corrected chi connectivity index (χ3v) is 2.20. The number of aromatic nitrogens is 2. The van der Waals surface area contributed by atoms with Gasteiger partial charge in [0.2, 0.25) is 0 Å². The van der Waals surface area contributed by atoms with Crippen LogP contribution in [0, 0.1) is 6.92 Å². The third-order valence-electron chi connectivity index (χ3n) is 2.20. The molecule has 0 saturated carbocycles. The molecule has 0 radical (unpaired) electrons. The predicted molar refractivity (Wildman–Crippen MR) is 50.6 cm³/mol. The molecule has 0 unspecified atom stereocenters. The molecule has 0 spiro atoms. The molecule has 0 saturated heterocycles. The molecule has 2 rings (SSSR count). The molecule has 0 atom stereocenters. The minimum Gasteiger partial charge on any atom is -0.336 e. The van der Waals surface area contributed by atoms with Gasteiger partial charge in [0, 0.05) is 6.20 Å². The van der Waals surface area contributed by atoms with Crippen LogP contribution in [-0.4, -0.2) is 10.1 Å². The molecule has 0 aliphatic rings. The van der Waals surface area contributed by atoms with Crippen LogP contribution in [-0.2, 0) is 0 Å². The SMILES string of the molecule is Cc1noc2ncc(C(C)C)cc12. The Hall–Kier alpha value is -1.38. The van der Waals surface area contributed by atoms with Crippen molar-refractivity contribution in [2.45, 2.75) is 26.7 Å². The quantitative estimate of drug-likeness (QED) is 0.670. The molecule has 68 valence electrons. The van der Waals surface area contributed by atoms with Gasteiger partial charge in [-0.25, -0.2) is 4.98 Å². The molecule has 2 heterocycles. The van der Waals surface area contributed by atoms with Crippen molar-refractivity contribution in [3.05, 3.63) is 23.5 Å². The molecule has 0 aliphatic carbocycles. The summed E-state index contributed by atoms with van der Waals surface area (Å²) in [6, 6.07) is 2.10. The summed E-state index contributed by atoms with van der Waals surface area (Å²) >= 11 is 0. The summed E-state index contributed by atoms with van der Waals surface area (Å²) in [5.41, 5.74) is 2.76. The van der Waals surface area contributed by atoms with E-state index in [0.717, 1.165) is 11.1 Å². The number of rotatable bonds is 1. The first-order valence-corrected chi connectivity index (χ1v) is 4.40. The molecule has 0 N–H and O–H groups in total. The lowest BCUT2D eigenvalue weighted by atomic mass is 10.0. The van der Waals surface area contributed by atoms with Gasteiger partial charge in [0.05, 0.1) is 11.1 Å². The fourth-order valence-corrected chi connectivity index (χ4v) is 1.28. The minimum absolute atomic E-state index is 0.492. The molecule has 13 heavy (non-hydrogen) atoms. The highest BCUT2D eigenvalue weighted by atomic mass is 16.5. The summed E-state index contributed by atoms with van der Waals surface area (Å²) in [5, 5.41) is 4.88. The van der Waals surface area contributed by atoms with E-state index in [2.05, 4.69) is 30.1 Å². The summed E-state index contributed by atoms with van der Waals surface area (Å²) in [4.78, 5) is 4.19. The van der Waals surface area contributed by atoms with Gasteiger partial charge in [0.1, 0.15) is 0 Å². The molecular weight excluding hydrogens is 164 g/mol. The predicted octanol–water partition coefficient (Wildman–Crippen LogP) is 2.65. The lowest BCUT2D eigenvalue weighted by Gasteiger charge is -2.02. The number of aryl methyl sites for hydroxylation is 1. The molecule has 0 aliphatic heterocycles. The lowest BCUT2D eigenvalue weighted by molar-refractivity contribution is 0.443. The van der Waals surface area contributed by atoms with Crippen molar-refractivity contribution in [1.82, 2.24) is 10.1 Å². The smallest absolute Gasteiger partial charge is 0.257 e. The minimum atomic E-state index is 0.492. The topological polar surface area (TPSA) is 38.9 Å². The summed E-state index contributed by atoms with van der Waals surface area (Å²) in [5.74, 6) is 0.492. The Morgan fingerprint density at radius 1 is 1.38 bits per heavy atom. The lowest BCUT2D eigenvalue weighted by Crippen LogP contribution is -1.88. The Balaban J connectivity index is 2.66. The van der Waals surface area contributed by atoms with Crippen molar-refractivity contribution in [2.75, 3.05) is 0 Å². The first-order valence-electron chi connectivity index (χ1n) is 4.40. The number of nitrogens with zero attached hydrogens (tertiary/aromatic N) is 2. The second-order valence-corrected chi connectivity index (χ2v) is 3.54. The molecule has 0 aromatic carbocycles. The Morgan fingerprint density at radius 2 is 2.15 bits per heavy atom. The zero-order chi connectivity index (χ0) is 9.42. The number of pyridine rings is 1. The van der Waals surface area contributed by atoms with Crippen LogP contribution in [0.25, 0.3) is 11.1 Å². The van der Waals surface area contributed by atoms with Gasteiger partial charge < -0.3 is 4.52 Å². The summed E-state index contributed by atoms with van der Waals surface area (Å²) < 4.78 is 5.02. The van der Waals surface area contributed by atoms with Crippen molar-refractivity contribution in [3.63, 3.8) is 0 Å². The van der Waals surface area contributed by atoms with Gasteiger partial charge in [-0.2, -0.15) is 0 Å². The zero-order valence-electron chi connectivity index (χ0n) is 8.03. The largest absolute Gasteiger partial charge is 0.336 e. The first-order chi connectivity index (χ1) is 6.18. The number of hydrogen-bond donors (Lipinski definition) is 0. The van der Waals surface area contributed by atoms with E-state index in [0.29, 0.717) is 11.6 Å². The molecule has 2 aromatic rings. The fraction of sp³-hybridized carbons (Fsp3) is 0.400. The highest BCUT2D eigenvalue weighted by Crippen LogP contribution is 2.21. The van der Waals surface area contributed by atoms with Crippen molar-refractivity contribution >= 4 is 11.1 Å². The second-order valence-electron chi connectivity index (χ2n) is 3.54. The maximum atomic E-state index is 5.02. The van der Waals surface area contributed by atoms with E-state index >= 15 is 0 Å². The van der Waals surface area contributed by atoms with Crippen LogP contribution >= 0.6 is 0 Å². The van der Waals surface area contributed by atoms with Gasteiger partial charge in [0.25, 0.3) is 5.71 Å². The van der Waals surface area contributed by atoms with Crippen LogP contribution in [0.2, 0.25) is 0 Å². The van der Waals surface area contributed by atoms with Gasteiger partial charge in [-0.05, 0) is 24.5 Å². The summed E-state index contributed by atoms with van der Waals surface area (Å²) in [7, 11) is 0. The van der Waals surface area contributed by atoms with E-state index in [1.54, 1.807) is 0 Å². The van der Waals surface area contributed by atoms with Crippen molar-refractivity contribution in [2.24, 2.45) is 0 Å². The van der Waals surface area contributed by atoms with Crippen molar-refractivity contribution < 1.29 is 4.52 Å². The number of fused-ring (bicyclic) bond motifs is 1. The maximum Gasteiger partial charge on any atom is 0.257 e. The van der Waals surface area contributed by atoms with Gasteiger partial charge in [0.15, 0.2) is 0 Å². The molecule has 0 amide bonds. The average molecular weight is 176 g/mol. The van der Waals surface area contributed by atoms with Crippen LogP contribution < -0.4 is 0 Å². The maximum absolute atomic E-state index is 5.02. The van der Waals surface area contributed by atoms with E-state index < -0.39 is 0 Å². The van der Waals surface area contributed by atoms with Gasteiger partial charge in [-0.15, -0.1) is 0 Å². The number of hydrogen-bond acceptors (Lipinski definition) is 3. The Bertz CT molecular complexity index is 431. The highest BCUT2D eigenvalue weighted by molar-refractivity contribution is 5.76. The highest BCUT2D eigenvalue weighted by Gasteiger charge is 2.07. The summed E-state index contributed by atoms with van der Waals surface area (Å²) in [6.07, 6.45) is 1.84. The van der Waals surface area contributed by atoms with Crippen LogP contribution in [0.5, 0.6) is 0 Å². The van der Waals surface area contributed by atoms with Crippen LogP contribution in [0.1, 0.15) is 31.0 Å². The molecule has 2 aromatic heterocycles. The Kier molecular flexibility index (Phi) is 1.79. The van der Waals surface area contributed by atoms with Crippen LogP contribution in [0.15, 0.2) is 16.8 Å². The first kappa shape index (κ1) is 8.23. The fourth-order valence-electron chi connectivity index (χ4n) is 1.28. The second kappa shape index (κ2) is 2.83. The standard InChI is InChI=1S/C10H12N2O/c1-6(2)8-4-9-7(3)12-13-10(9)11-5-8/h4-6H,1-3H3. The molecule has 0 fully saturated rings. The van der Waals surface area contributed by atoms with Crippen LogP contribution in [0.4, 0.5) is 0 Å². The molecular formula is C10H12N2O. The van der Waals surface area contributed by atoms with Gasteiger partial charge in [-0.3, -0.25) is 0 Å².